The van der Waals surface area contributed by atoms with Gasteiger partial charge in [-0.3, -0.25) is 4.98 Å². The third-order valence-corrected chi connectivity index (χ3v) is 2.96. The van der Waals surface area contributed by atoms with Crippen molar-refractivity contribution in [3.05, 3.63) is 78.1 Å². The molecule has 0 fully saturated rings. The summed E-state index contributed by atoms with van der Waals surface area (Å²) < 4.78 is 2.04. The van der Waals surface area contributed by atoms with E-state index in [1.165, 1.54) is 5.56 Å². The third kappa shape index (κ3) is 2.85. The highest BCUT2D eigenvalue weighted by Gasteiger charge is 2.06. The number of aromatic nitrogens is 4. The molecule has 0 aliphatic rings. The van der Waals surface area contributed by atoms with Crippen LogP contribution in [0.4, 0.5) is 0 Å². The van der Waals surface area contributed by atoms with Crippen LogP contribution in [-0.2, 0) is 13.0 Å². The van der Waals surface area contributed by atoms with Crippen molar-refractivity contribution in [3.8, 4) is 0 Å². The summed E-state index contributed by atoms with van der Waals surface area (Å²) in [6.45, 7) is 0.704. The summed E-state index contributed by atoms with van der Waals surface area (Å²) in [5, 5.41) is 8.19. The molecule has 0 unspecified atom stereocenters. The second-order valence-corrected chi connectivity index (χ2v) is 4.36. The van der Waals surface area contributed by atoms with Crippen molar-refractivity contribution in [2.45, 2.75) is 13.0 Å². The molecule has 0 N–H and O–H groups in total. The Hall–Kier alpha value is -2.49. The average molecular weight is 250 g/mol. The van der Waals surface area contributed by atoms with Crippen LogP contribution in [0.1, 0.15) is 17.1 Å². The van der Waals surface area contributed by atoms with Gasteiger partial charge in [0, 0.05) is 12.6 Å². The van der Waals surface area contributed by atoms with Crippen molar-refractivity contribution in [2.75, 3.05) is 0 Å². The zero-order valence-electron chi connectivity index (χ0n) is 10.5. The van der Waals surface area contributed by atoms with Crippen LogP contribution in [-0.4, -0.2) is 19.7 Å². The van der Waals surface area contributed by atoms with Gasteiger partial charge in [-0.2, -0.15) is 0 Å². The van der Waals surface area contributed by atoms with E-state index in [9.17, 15) is 0 Å². The summed E-state index contributed by atoms with van der Waals surface area (Å²) in [5.74, 6) is 0.955. The first-order valence-corrected chi connectivity index (χ1v) is 6.22. The van der Waals surface area contributed by atoms with Gasteiger partial charge in [0.1, 0.15) is 12.2 Å². The standard InChI is InChI=1S/C15H14N4/c1-2-6-13(7-3-1)10-15-18-17-12-19(15)11-14-8-4-5-9-16-14/h1-9,12H,10-11H2. The smallest absolute Gasteiger partial charge is 0.137 e. The fourth-order valence-corrected chi connectivity index (χ4v) is 1.99. The largest absolute Gasteiger partial charge is 0.311 e. The first kappa shape index (κ1) is 11.6. The van der Waals surface area contributed by atoms with E-state index in [-0.39, 0.29) is 0 Å². The number of pyridine rings is 1. The minimum atomic E-state index is 0.704. The van der Waals surface area contributed by atoms with Crippen LogP contribution in [0.2, 0.25) is 0 Å². The van der Waals surface area contributed by atoms with E-state index in [1.54, 1.807) is 12.5 Å². The lowest BCUT2D eigenvalue weighted by Gasteiger charge is -2.06. The topological polar surface area (TPSA) is 43.6 Å². The summed E-state index contributed by atoms with van der Waals surface area (Å²) in [6.07, 6.45) is 4.34. The summed E-state index contributed by atoms with van der Waals surface area (Å²) in [6, 6.07) is 16.2. The van der Waals surface area contributed by atoms with Crippen molar-refractivity contribution in [3.63, 3.8) is 0 Å². The zero-order chi connectivity index (χ0) is 12.9. The van der Waals surface area contributed by atoms with Gasteiger partial charge in [0.15, 0.2) is 0 Å². The molecule has 0 amide bonds. The van der Waals surface area contributed by atoms with E-state index in [1.807, 2.05) is 41.0 Å². The van der Waals surface area contributed by atoms with Gasteiger partial charge in [0.25, 0.3) is 0 Å². The molecule has 2 aromatic heterocycles. The molecule has 1 aromatic carbocycles. The van der Waals surface area contributed by atoms with E-state index in [4.69, 9.17) is 0 Å². The van der Waals surface area contributed by atoms with E-state index < -0.39 is 0 Å². The molecular formula is C15H14N4. The predicted octanol–water partition coefficient (Wildman–Crippen LogP) is 2.31. The average Bonchev–Trinajstić information content (AvgIpc) is 2.88. The Labute approximate surface area is 111 Å². The van der Waals surface area contributed by atoms with Crippen molar-refractivity contribution in [2.24, 2.45) is 0 Å². The first-order valence-electron chi connectivity index (χ1n) is 6.22. The Morgan fingerprint density at radius 1 is 0.947 bits per heavy atom. The van der Waals surface area contributed by atoms with Crippen molar-refractivity contribution in [1.82, 2.24) is 19.7 Å². The molecule has 94 valence electrons. The molecule has 0 aliphatic heterocycles. The molecule has 0 bridgehead atoms. The van der Waals surface area contributed by atoms with Gasteiger partial charge in [-0.05, 0) is 17.7 Å². The quantitative estimate of drug-likeness (QED) is 0.713. The van der Waals surface area contributed by atoms with Gasteiger partial charge in [-0.15, -0.1) is 10.2 Å². The van der Waals surface area contributed by atoms with E-state index in [0.29, 0.717) is 6.54 Å². The van der Waals surface area contributed by atoms with E-state index in [0.717, 1.165) is 17.9 Å². The monoisotopic (exact) mass is 250 g/mol. The minimum absolute atomic E-state index is 0.704. The summed E-state index contributed by atoms with van der Waals surface area (Å²) in [7, 11) is 0. The van der Waals surface area contributed by atoms with Gasteiger partial charge in [0.2, 0.25) is 0 Å². The van der Waals surface area contributed by atoms with Crippen LogP contribution >= 0.6 is 0 Å². The molecular weight excluding hydrogens is 236 g/mol. The van der Waals surface area contributed by atoms with Crippen LogP contribution in [0, 0.1) is 0 Å². The van der Waals surface area contributed by atoms with Crippen LogP contribution in [0.25, 0.3) is 0 Å². The van der Waals surface area contributed by atoms with E-state index in [2.05, 4.69) is 27.3 Å². The molecule has 3 rings (SSSR count). The molecule has 2 heterocycles. The molecule has 0 saturated heterocycles. The molecule has 19 heavy (non-hydrogen) atoms. The zero-order valence-corrected chi connectivity index (χ0v) is 10.5. The SMILES string of the molecule is c1ccc(Cc2nncn2Cc2ccccn2)cc1. The van der Waals surface area contributed by atoms with E-state index >= 15 is 0 Å². The van der Waals surface area contributed by atoms with Gasteiger partial charge in [0.05, 0.1) is 12.2 Å². The number of rotatable bonds is 4. The predicted molar refractivity (Wildman–Crippen MR) is 72.6 cm³/mol. The summed E-state index contributed by atoms with van der Waals surface area (Å²) >= 11 is 0. The first-order chi connectivity index (χ1) is 9.42. The number of benzene rings is 1. The lowest BCUT2D eigenvalue weighted by molar-refractivity contribution is 0.724. The maximum absolute atomic E-state index is 4.33. The highest BCUT2D eigenvalue weighted by atomic mass is 15.3. The van der Waals surface area contributed by atoms with Crippen LogP contribution in [0.3, 0.4) is 0 Å². The lowest BCUT2D eigenvalue weighted by Crippen LogP contribution is -2.06. The highest BCUT2D eigenvalue weighted by molar-refractivity contribution is 5.19. The molecule has 3 aromatic rings. The molecule has 4 heteroatoms. The highest BCUT2D eigenvalue weighted by Crippen LogP contribution is 2.08. The third-order valence-electron chi connectivity index (χ3n) is 2.96. The molecule has 0 radical (unpaired) electrons. The molecule has 0 spiro atoms. The Kier molecular flexibility index (Phi) is 3.32. The Morgan fingerprint density at radius 2 is 1.79 bits per heavy atom. The van der Waals surface area contributed by atoms with Crippen LogP contribution in [0.15, 0.2) is 61.1 Å². The normalized spacial score (nSPS) is 10.5. The second kappa shape index (κ2) is 5.44. The van der Waals surface area contributed by atoms with Crippen molar-refractivity contribution in [1.29, 1.82) is 0 Å². The summed E-state index contributed by atoms with van der Waals surface area (Å²) in [4.78, 5) is 4.33. The second-order valence-electron chi connectivity index (χ2n) is 4.36. The van der Waals surface area contributed by atoms with Crippen LogP contribution in [0.5, 0.6) is 0 Å². The van der Waals surface area contributed by atoms with Crippen LogP contribution < -0.4 is 0 Å². The number of hydrogen-bond donors (Lipinski definition) is 0. The Balaban J connectivity index is 1.79. The van der Waals surface area contributed by atoms with Crippen molar-refractivity contribution >= 4 is 0 Å². The summed E-state index contributed by atoms with van der Waals surface area (Å²) in [5.41, 5.74) is 2.24. The maximum Gasteiger partial charge on any atom is 0.137 e. The molecule has 0 aliphatic carbocycles. The maximum atomic E-state index is 4.33. The van der Waals surface area contributed by atoms with Gasteiger partial charge in [-0.25, -0.2) is 0 Å². The minimum Gasteiger partial charge on any atom is -0.311 e. The molecule has 0 saturated carbocycles. The number of nitrogens with zero attached hydrogens (tertiary/aromatic N) is 4. The Morgan fingerprint density at radius 3 is 2.58 bits per heavy atom. The number of hydrogen-bond acceptors (Lipinski definition) is 3. The fraction of sp³-hybridized carbons (Fsp3) is 0.133. The Bertz CT molecular complexity index is 576. The van der Waals surface area contributed by atoms with Gasteiger partial charge in [-0.1, -0.05) is 36.4 Å². The van der Waals surface area contributed by atoms with Gasteiger partial charge < -0.3 is 4.57 Å². The lowest BCUT2D eigenvalue weighted by atomic mass is 10.1. The molecule has 4 nitrogen and oxygen atoms in total. The fourth-order valence-electron chi connectivity index (χ4n) is 1.99. The van der Waals surface area contributed by atoms with Gasteiger partial charge >= 0.3 is 0 Å². The van der Waals surface area contributed by atoms with Crippen molar-refractivity contribution < 1.29 is 0 Å². The molecule has 0 atom stereocenters.